The molecular formula is C20H24FN3O2. The van der Waals surface area contributed by atoms with Crippen molar-refractivity contribution in [3.63, 3.8) is 0 Å². The largest absolute Gasteiger partial charge is 0.348 e. The van der Waals surface area contributed by atoms with Gasteiger partial charge in [0.15, 0.2) is 5.82 Å². The molecule has 1 saturated carbocycles. The number of ketones is 1. The lowest BCUT2D eigenvalue weighted by molar-refractivity contribution is -0.122. The van der Waals surface area contributed by atoms with E-state index in [4.69, 9.17) is 0 Å². The molecule has 0 spiro atoms. The number of hydrogen-bond acceptors (Lipinski definition) is 3. The van der Waals surface area contributed by atoms with Gasteiger partial charge in [-0.2, -0.15) is 0 Å². The van der Waals surface area contributed by atoms with Crippen LogP contribution in [-0.4, -0.2) is 27.8 Å². The number of nitrogens with one attached hydrogen (secondary N) is 1. The van der Waals surface area contributed by atoms with Crippen LogP contribution in [-0.2, 0) is 18.3 Å². The molecule has 26 heavy (non-hydrogen) atoms. The molecule has 2 aromatic rings. The zero-order valence-electron chi connectivity index (χ0n) is 15.2. The standard InChI is InChI=1S/C20H24FN3O2/c1-3-4-5-13-6-7-14(10-17(13)21)15-11-16(15)20(26)23-12-18(25)19-22-8-9-24(19)2/h6-10,15-16H,3-5,11-12H2,1-2H3,(H,23,26). The second kappa shape index (κ2) is 7.81. The SMILES string of the molecule is CCCCc1ccc(C2CC2C(=O)NCC(=O)c2nccn2C)cc1F. The van der Waals surface area contributed by atoms with Crippen LogP contribution in [0.15, 0.2) is 30.6 Å². The fourth-order valence-corrected chi connectivity index (χ4v) is 3.23. The summed E-state index contributed by atoms with van der Waals surface area (Å²) in [6.07, 6.45) is 6.66. The Morgan fingerprint density at radius 2 is 2.19 bits per heavy atom. The van der Waals surface area contributed by atoms with Crippen molar-refractivity contribution in [1.29, 1.82) is 0 Å². The van der Waals surface area contributed by atoms with E-state index in [1.165, 1.54) is 0 Å². The molecule has 6 heteroatoms. The Morgan fingerprint density at radius 3 is 2.85 bits per heavy atom. The van der Waals surface area contributed by atoms with Gasteiger partial charge >= 0.3 is 0 Å². The summed E-state index contributed by atoms with van der Waals surface area (Å²) < 4.78 is 15.8. The first-order chi connectivity index (χ1) is 12.5. The minimum atomic E-state index is -0.227. The number of hydrogen-bond donors (Lipinski definition) is 1. The quantitative estimate of drug-likeness (QED) is 0.739. The predicted octanol–water partition coefficient (Wildman–Crippen LogP) is 3.00. The van der Waals surface area contributed by atoms with Crippen LogP contribution in [0.2, 0.25) is 0 Å². The first kappa shape index (κ1) is 18.3. The van der Waals surface area contributed by atoms with Gasteiger partial charge in [0.25, 0.3) is 0 Å². The highest BCUT2D eigenvalue weighted by Crippen LogP contribution is 2.47. The molecule has 1 fully saturated rings. The lowest BCUT2D eigenvalue weighted by atomic mass is 10.0. The Morgan fingerprint density at radius 1 is 1.38 bits per heavy atom. The van der Waals surface area contributed by atoms with Crippen molar-refractivity contribution in [3.05, 3.63) is 53.4 Å². The van der Waals surface area contributed by atoms with Gasteiger partial charge in [0.05, 0.1) is 6.54 Å². The molecule has 1 heterocycles. The first-order valence-corrected chi connectivity index (χ1v) is 9.07. The average molecular weight is 357 g/mol. The number of Topliss-reactive ketones (excluding diaryl/α,β-unsaturated/α-hetero) is 1. The number of nitrogens with zero attached hydrogens (tertiary/aromatic N) is 2. The van der Waals surface area contributed by atoms with E-state index in [1.807, 2.05) is 12.1 Å². The second-order valence-electron chi connectivity index (χ2n) is 6.91. The van der Waals surface area contributed by atoms with Gasteiger partial charge in [0.2, 0.25) is 11.7 Å². The molecule has 1 aromatic heterocycles. The molecule has 138 valence electrons. The van der Waals surface area contributed by atoms with E-state index in [1.54, 1.807) is 30.1 Å². The second-order valence-corrected chi connectivity index (χ2v) is 6.91. The molecule has 2 unspecified atom stereocenters. The maximum atomic E-state index is 14.2. The van der Waals surface area contributed by atoms with Crippen LogP contribution in [0.25, 0.3) is 0 Å². The number of imidazole rings is 1. The summed E-state index contributed by atoms with van der Waals surface area (Å²) in [6.45, 7) is 2.01. The number of benzene rings is 1. The smallest absolute Gasteiger partial charge is 0.224 e. The summed E-state index contributed by atoms with van der Waals surface area (Å²) in [5.74, 6) is -0.408. The monoisotopic (exact) mass is 357 g/mol. The molecule has 1 aliphatic rings. The molecule has 3 rings (SSSR count). The van der Waals surface area contributed by atoms with E-state index < -0.39 is 0 Å². The van der Waals surface area contributed by atoms with Crippen LogP contribution < -0.4 is 5.32 Å². The van der Waals surface area contributed by atoms with Crippen LogP contribution in [0.4, 0.5) is 4.39 Å². The molecule has 0 saturated heterocycles. The number of aryl methyl sites for hydroxylation is 2. The normalized spacial score (nSPS) is 18.6. The maximum Gasteiger partial charge on any atom is 0.224 e. The Bertz CT molecular complexity index is 815. The van der Waals surface area contributed by atoms with Crippen molar-refractivity contribution in [2.24, 2.45) is 13.0 Å². The molecule has 0 aliphatic heterocycles. The lowest BCUT2D eigenvalue weighted by Gasteiger charge is -2.07. The summed E-state index contributed by atoms with van der Waals surface area (Å²) in [5, 5.41) is 2.68. The summed E-state index contributed by atoms with van der Waals surface area (Å²) >= 11 is 0. The van der Waals surface area contributed by atoms with E-state index in [9.17, 15) is 14.0 Å². The number of rotatable bonds is 8. The third kappa shape index (κ3) is 4.00. The topological polar surface area (TPSA) is 64.0 Å². The highest BCUT2D eigenvalue weighted by Gasteiger charge is 2.44. The van der Waals surface area contributed by atoms with E-state index >= 15 is 0 Å². The van der Waals surface area contributed by atoms with Crippen LogP contribution >= 0.6 is 0 Å². The number of carbonyl (C=O) groups excluding carboxylic acids is 2. The van der Waals surface area contributed by atoms with Crippen LogP contribution in [0.3, 0.4) is 0 Å². The van der Waals surface area contributed by atoms with Crippen molar-refractivity contribution in [2.75, 3.05) is 6.54 Å². The van der Waals surface area contributed by atoms with Gasteiger partial charge in [-0.15, -0.1) is 0 Å². The van der Waals surface area contributed by atoms with Gasteiger partial charge in [0.1, 0.15) is 5.82 Å². The van der Waals surface area contributed by atoms with E-state index in [0.717, 1.165) is 30.4 Å². The Labute approximate surface area is 152 Å². The van der Waals surface area contributed by atoms with Crippen molar-refractivity contribution in [2.45, 2.75) is 38.5 Å². The minimum absolute atomic E-state index is 0.0352. The van der Waals surface area contributed by atoms with Crippen molar-refractivity contribution < 1.29 is 14.0 Å². The molecule has 1 N–H and O–H groups in total. The predicted molar refractivity (Wildman–Crippen MR) is 96.4 cm³/mol. The maximum absolute atomic E-state index is 14.2. The van der Waals surface area contributed by atoms with E-state index in [0.29, 0.717) is 12.2 Å². The average Bonchev–Trinajstić information content (AvgIpc) is 3.32. The van der Waals surface area contributed by atoms with Crippen LogP contribution in [0.5, 0.6) is 0 Å². The Hall–Kier alpha value is -2.50. The van der Waals surface area contributed by atoms with Gasteiger partial charge in [0, 0.05) is 25.4 Å². The molecule has 0 radical (unpaired) electrons. The summed E-state index contributed by atoms with van der Waals surface area (Å²) in [6, 6.07) is 5.31. The number of unbranched alkanes of at least 4 members (excludes halogenated alkanes) is 1. The van der Waals surface area contributed by atoms with Crippen LogP contribution in [0.1, 0.15) is 53.8 Å². The summed E-state index contributed by atoms with van der Waals surface area (Å²) in [4.78, 5) is 28.3. The van der Waals surface area contributed by atoms with E-state index in [2.05, 4.69) is 17.2 Å². The minimum Gasteiger partial charge on any atom is -0.348 e. The highest BCUT2D eigenvalue weighted by atomic mass is 19.1. The molecule has 1 amide bonds. The van der Waals surface area contributed by atoms with E-state index in [-0.39, 0.29) is 35.9 Å². The molecule has 5 nitrogen and oxygen atoms in total. The Kier molecular flexibility index (Phi) is 5.49. The van der Waals surface area contributed by atoms with Crippen molar-refractivity contribution in [3.8, 4) is 0 Å². The highest BCUT2D eigenvalue weighted by molar-refractivity contribution is 5.97. The Balaban J connectivity index is 1.53. The molecule has 0 bridgehead atoms. The summed E-state index contributed by atoms with van der Waals surface area (Å²) in [5.41, 5.74) is 1.59. The molecule has 1 aliphatic carbocycles. The first-order valence-electron chi connectivity index (χ1n) is 9.07. The zero-order valence-corrected chi connectivity index (χ0v) is 15.2. The lowest BCUT2D eigenvalue weighted by Crippen LogP contribution is -2.32. The summed E-state index contributed by atoms with van der Waals surface area (Å²) in [7, 11) is 1.73. The molecular weight excluding hydrogens is 333 g/mol. The fourth-order valence-electron chi connectivity index (χ4n) is 3.23. The van der Waals surface area contributed by atoms with Crippen molar-refractivity contribution in [1.82, 2.24) is 14.9 Å². The molecule has 1 aromatic carbocycles. The van der Waals surface area contributed by atoms with Gasteiger partial charge < -0.3 is 9.88 Å². The zero-order chi connectivity index (χ0) is 18.7. The van der Waals surface area contributed by atoms with Gasteiger partial charge in [-0.25, -0.2) is 9.37 Å². The third-order valence-corrected chi connectivity index (χ3v) is 4.93. The number of carbonyl (C=O) groups is 2. The van der Waals surface area contributed by atoms with Gasteiger partial charge in [-0.1, -0.05) is 25.5 Å². The fraction of sp³-hybridized carbons (Fsp3) is 0.450. The van der Waals surface area contributed by atoms with Crippen LogP contribution in [0, 0.1) is 11.7 Å². The number of halogens is 1. The number of amides is 1. The van der Waals surface area contributed by atoms with Gasteiger partial charge in [-0.3, -0.25) is 9.59 Å². The van der Waals surface area contributed by atoms with Crippen molar-refractivity contribution >= 4 is 11.7 Å². The number of aromatic nitrogens is 2. The van der Waals surface area contributed by atoms with Gasteiger partial charge in [-0.05, 0) is 42.4 Å². The molecule has 2 atom stereocenters. The third-order valence-electron chi connectivity index (χ3n) is 4.93.